The maximum absolute atomic E-state index is 11.6. The zero-order valence-corrected chi connectivity index (χ0v) is 30.5. The molecule has 6 aromatic rings. The minimum Gasteiger partial charge on any atom is -0.480 e. The molecule has 0 fully saturated rings. The molecule has 52 heavy (non-hydrogen) atoms. The normalized spacial score (nSPS) is 12.7. The van der Waals surface area contributed by atoms with Crippen LogP contribution < -0.4 is 21.5 Å². The number of fused-ring (bicyclic) bond motifs is 2. The smallest absolute Gasteiger partial charge is 0.320 e. The molecule has 0 amide bonds. The first-order valence-corrected chi connectivity index (χ1v) is 18.4. The molecule has 0 spiro atoms. The molecular formula is C38H45N9O4S. The first-order valence-electron chi connectivity index (χ1n) is 16.8. The van der Waals surface area contributed by atoms with Crippen molar-refractivity contribution >= 4 is 49.6 Å². The van der Waals surface area contributed by atoms with Gasteiger partial charge in [-0.05, 0) is 92.1 Å². The van der Waals surface area contributed by atoms with Crippen molar-refractivity contribution in [3.8, 4) is 11.4 Å². The van der Waals surface area contributed by atoms with Crippen LogP contribution in [0.4, 0.5) is 11.9 Å². The number of hydrogen-bond donors (Lipinski definition) is 6. The van der Waals surface area contributed by atoms with Crippen LogP contribution in [0.2, 0.25) is 0 Å². The molecule has 0 bridgehead atoms. The zero-order chi connectivity index (χ0) is 37.4. The summed E-state index contributed by atoms with van der Waals surface area (Å²) >= 11 is 0. The van der Waals surface area contributed by atoms with Gasteiger partial charge in [-0.2, -0.15) is 15.0 Å². The summed E-state index contributed by atoms with van der Waals surface area (Å²) in [6.45, 7) is 3.00. The van der Waals surface area contributed by atoms with Crippen LogP contribution in [-0.2, 0) is 33.4 Å². The van der Waals surface area contributed by atoms with Gasteiger partial charge in [0, 0.05) is 29.2 Å². The highest BCUT2D eigenvalue weighted by molar-refractivity contribution is 7.88. The van der Waals surface area contributed by atoms with Gasteiger partial charge in [0.1, 0.15) is 6.04 Å². The molecule has 8 N–H and O–H groups in total. The van der Waals surface area contributed by atoms with Gasteiger partial charge >= 0.3 is 5.97 Å². The number of aromatic amines is 1. The molecular weight excluding hydrogens is 679 g/mol. The summed E-state index contributed by atoms with van der Waals surface area (Å²) in [5.41, 5.74) is 17.3. The van der Waals surface area contributed by atoms with E-state index in [1.807, 2.05) is 81.8 Å². The lowest BCUT2D eigenvalue weighted by Crippen LogP contribution is -2.32. The summed E-state index contributed by atoms with van der Waals surface area (Å²) in [6.07, 6.45) is 3.19. The number of anilines is 2. The van der Waals surface area contributed by atoms with E-state index in [2.05, 4.69) is 65.2 Å². The number of carbonyl (C=O) groups is 1. The van der Waals surface area contributed by atoms with Crippen molar-refractivity contribution in [2.45, 2.75) is 37.6 Å². The average molecular weight is 724 g/mol. The number of likely N-dealkylation sites (N-methyl/N-ethyl adjacent to an activating group) is 1. The molecule has 2 aromatic heterocycles. The first-order chi connectivity index (χ1) is 24.8. The average Bonchev–Trinajstić information content (AvgIpc) is 3.52. The number of rotatable bonds is 13. The third kappa shape index (κ3) is 10.1. The van der Waals surface area contributed by atoms with Crippen LogP contribution in [0.1, 0.15) is 35.2 Å². The summed E-state index contributed by atoms with van der Waals surface area (Å²) < 4.78 is 25.6. The quantitative estimate of drug-likeness (QED) is 0.0962. The number of hydrogen-bond acceptors (Lipinski definition) is 10. The topological polar surface area (TPSA) is 205 Å². The van der Waals surface area contributed by atoms with E-state index in [0.29, 0.717) is 11.8 Å². The highest BCUT2D eigenvalue weighted by atomic mass is 32.2. The number of sulfonamides is 1. The lowest BCUT2D eigenvalue weighted by Gasteiger charge is -2.16. The molecule has 0 unspecified atom stereocenters. The molecule has 0 aliphatic carbocycles. The molecule has 14 heteroatoms. The number of carboxylic acid groups (broad SMARTS) is 1. The molecule has 4 aromatic carbocycles. The summed E-state index contributed by atoms with van der Waals surface area (Å²) in [6, 6.07) is 26.5. The van der Waals surface area contributed by atoms with Crippen LogP contribution in [0, 0.1) is 0 Å². The number of benzene rings is 4. The zero-order valence-electron chi connectivity index (χ0n) is 29.7. The second-order valence-electron chi connectivity index (χ2n) is 12.9. The van der Waals surface area contributed by atoms with Crippen LogP contribution in [0.5, 0.6) is 0 Å². The molecule has 13 nitrogen and oxygen atoms in total. The predicted molar refractivity (Wildman–Crippen MR) is 207 cm³/mol. The third-order valence-corrected chi connectivity index (χ3v) is 9.92. The van der Waals surface area contributed by atoms with Crippen molar-refractivity contribution in [3.05, 3.63) is 113 Å². The van der Waals surface area contributed by atoms with Gasteiger partial charge in [-0.25, -0.2) is 13.1 Å². The fourth-order valence-corrected chi connectivity index (χ4v) is 6.39. The van der Waals surface area contributed by atoms with Gasteiger partial charge in [-0.15, -0.1) is 0 Å². The Kier molecular flexibility index (Phi) is 12.2. The van der Waals surface area contributed by atoms with Crippen LogP contribution in [0.3, 0.4) is 0 Å². The Morgan fingerprint density at radius 3 is 2.35 bits per heavy atom. The van der Waals surface area contributed by atoms with E-state index in [4.69, 9.17) is 16.6 Å². The standard InChI is InChI=1S/C24H24N6O2.C14H21N3O2S/c1-14(18-11-10-16-4-2-3-5-19(16)13-18)27-24-29-21(28-23(26)30-24)17-8-6-15(7-9-17)12-20(25)22(31)32;1-15-20(18,19)10-11-4-5-14-13(8-11)12(9-16-14)6-7-17(2)3/h2-11,13-14,20H,12,25H2,1H3,(H,31,32)(H3,26,27,28,29,30);4-5,8-9,15-16H,6-7,10H2,1-3H3/t14-,20+;/m1./s1. The monoisotopic (exact) mass is 723 g/mol. The highest BCUT2D eigenvalue weighted by Crippen LogP contribution is 2.25. The van der Waals surface area contributed by atoms with Gasteiger partial charge in [-0.1, -0.05) is 66.7 Å². The fourth-order valence-electron chi connectivity index (χ4n) is 5.63. The number of carboxylic acids is 1. The van der Waals surface area contributed by atoms with Crippen molar-refractivity contribution in [1.29, 1.82) is 0 Å². The summed E-state index contributed by atoms with van der Waals surface area (Å²) in [7, 11) is 2.29. The Labute approximate surface area is 303 Å². The van der Waals surface area contributed by atoms with Gasteiger partial charge in [0.15, 0.2) is 5.82 Å². The molecule has 0 saturated heterocycles. The van der Waals surface area contributed by atoms with Crippen LogP contribution in [0.25, 0.3) is 33.1 Å². The van der Waals surface area contributed by atoms with Crippen molar-refractivity contribution < 1.29 is 18.3 Å². The van der Waals surface area contributed by atoms with E-state index in [1.165, 1.54) is 18.0 Å². The lowest BCUT2D eigenvalue weighted by molar-refractivity contribution is -0.138. The minimum atomic E-state index is -3.23. The Balaban J connectivity index is 0.000000225. The predicted octanol–water partition coefficient (Wildman–Crippen LogP) is 4.72. The van der Waals surface area contributed by atoms with Gasteiger partial charge < -0.3 is 31.8 Å². The van der Waals surface area contributed by atoms with Crippen molar-refractivity contribution in [3.63, 3.8) is 0 Å². The summed E-state index contributed by atoms with van der Waals surface area (Å²) in [5.74, 6) is -0.0988. The van der Waals surface area contributed by atoms with Crippen molar-refractivity contribution in [1.82, 2.24) is 29.6 Å². The molecule has 0 aliphatic rings. The molecule has 6 rings (SSSR count). The van der Waals surface area contributed by atoms with E-state index in [0.717, 1.165) is 51.5 Å². The van der Waals surface area contributed by atoms with Gasteiger partial charge in [0.25, 0.3) is 0 Å². The number of nitrogens with two attached hydrogens (primary N) is 2. The second kappa shape index (κ2) is 16.7. The number of nitrogens with one attached hydrogen (secondary N) is 3. The maximum Gasteiger partial charge on any atom is 0.320 e. The third-order valence-electron chi connectivity index (χ3n) is 8.58. The summed E-state index contributed by atoms with van der Waals surface area (Å²) in [4.78, 5) is 29.3. The van der Waals surface area contributed by atoms with Gasteiger partial charge in [0.05, 0.1) is 11.8 Å². The van der Waals surface area contributed by atoms with E-state index in [9.17, 15) is 13.2 Å². The van der Waals surface area contributed by atoms with Crippen LogP contribution in [-0.4, -0.2) is 78.1 Å². The fraction of sp³-hybridized carbons (Fsp3) is 0.263. The van der Waals surface area contributed by atoms with Crippen LogP contribution >= 0.6 is 0 Å². The van der Waals surface area contributed by atoms with Gasteiger partial charge in [-0.3, -0.25) is 4.79 Å². The molecule has 0 saturated carbocycles. The van der Waals surface area contributed by atoms with E-state index in [-0.39, 0.29) is 24.2 Å². The maximum atomic E-state index is 11.6. The number of aromatic nitrogens is 4. The number of nitrogens with zero attached hydrogens (tertiary/aromatic N) is 4. The van der Waals surface area contributed by atoms with Crippen molar-refractivity contribution in [2.24, 2.45) is 5.73 Å². The number of H-pyrrole nitrogens is 1. The Morgan fingerprint density at radius 2 is 1.65 bits per heavy atom. The SMILES string of the molecule is CNS(=O)(=O)Cc1ccc2[nH]cc(CCN(C)C)c2c1.C[C@@H](Nc1nc(N)nc(-c2ccc(C[C@H](N)C(=O)O)cc2)n1)c1ccc2ccccc2c1. The molecule has 2 atom stereocenters. The molecule has 0 aliphatic heterocycles. The first kappa shape index (κ1) is 37.8. The molecule has 0 radical (unpaired) electrons. The Bertz CT molecular complexity index is 2260. The highest BCUT2D eigenvalue weighted by Gasteiger charge is 2.15. The Morgan fingerprint density at radius 1 is 0.942 bits per heavy atom. The van der Waals surface area contributed by atoms with Crippen molar-refractivity contribution in [2.75, 3.05) is 38.7 Å². The molecule has 2 heterocycles. The largest absolute Gasteiger partial charge is 0.480 e. The van der Waals surface area contributed by atoms with Gasteiger partial charge in [0.2, 0.25) is 21.9 Å². The van der Waals surface area contributed by atoms with E-state index in [1.54, 1.807) is 0 Å². The number of nitrogen functional groups attached to an aromatic ring is 1. The van der Waals surface area contributed by atoms with E-state index >= 15 is 0 Å². The Hall–Kier alpha value is -5.41. The second-order valence-corrected chi connectivity index (χ2v) is 14.8. The summed E-state index contributed by atoms with van der Waals surface area (Å²) in [5, 5.41) is 15.7. The van der Waals surface area contributed by atoms with Crippen LogP contribution in [0.15, 0.2) is 91.1 Å². The van der Waals surface area contributed by atoms with E-state index < -0.39 is 22.0 Å². The number of aliphatic carboxylic acids is 1. The molecule has 272 valence electrons. The minimum absolute atomic E-state index is 0.0116. The lowest BCUT2D eigenvalue weighted by atomic mass is 10.0.